The van der Waals surface area contributed by atoms with Crippen LogP contribution in [0.15, 0.2) is 36.5 Å². The van der Waals surface area contributed by atoms with Crippen LogP contribution in [-0.4, -0.2) is 9.67 Å². The van der Waals surface area contributed by atoms with E-state index in [0.29, 0.717) is 5.82 Å². The van der Waals surface area contributed by atoms with Gasteiger partial charge in [0.2, 0.25) is 0 Å². The minimum absolute atomic E-state index is 0.244. The summed E-state index contributed by atoms with van der Waals surface area (Å²) in [5, 5.41) is 9.32. The van der Waals surface area contributed by atoms with Gasteiger partial charge in [-0.1, -0.05) is 6.07 Å². The third-order valence-electron chi connectivity index (χ3n) is 2.25. The Bertz CT molecular complexity index is 460. The number of rotatable bonds is 1. The van der Waals surface area contributed by atoms with Crippen LogP contribution in [0, 0.1) is 6.92 Å². The second-order valence-corrected chi connectivity index (χ2v) is 3.27. The van der Waals surface area contributed by atoms with Crippen LogP contribution < -0.4 is 5.73 Å². The molecule has 14 heavy (non-hydrogen) atoms. The first kappa shape index (κ1) is 8.69. The summed E-state index contributed by atoms with van der Waals surface area (Å²) in [5.41, 5.74) is 7.77. The van der Waals surface area contributed by atoms with Crippen molar-refractivity contribution in [3.8, 4) is 11.4 Å². The number of nitrogens with two attached hydrogens (primary N) is 1. The number of hydrogen-bond acceptors (Lipinski definition) is 2. The fourth-order valence-electron chi connectivity index (χ4n) is 1.41. The monoisotopic (exact) mass is 188 g/mol. The van der Waals surface area contributed by atoms with Crippen molar-refractivity contribution in [3.05, 3.63) is 42.1 Å². The average molecular weight is 188 g/mol. The minimum atomic E-state index is 0.244. The number of nitrogens with zero attached hydrogens (tertiary/aromatic N) is 1. The maximum Gasteiger partial charge on any atom is 0.117 e. The molecule has 2 aromatic rings. The molecule has 0 aliphatic carbocycles. The molecule has 0 aliphatic rings. The summed E-state index contributed by atoms with van der Waals surface area (Å²) in [6.45, 7) is 1.95. The fourth-order valence-corrected chi connectivity index (χ4v) is 1.41. The normalized spacial score (nSPS) is 10.4. The Hall–Kier alpha value is -1.90. The molecule has 0 radical (unpaired) electrons. The van der Waals surface area contributed by atoms with E-state index in [4.69, 9.17) is 5.73 Å². The van der Waals surface area contributed by atoms with E-state index >= 15 is 0 Å². The SMILES string of the molecule is Cc1ccn(-c2cccc(O)c2)c1N. The predicted molar refractivity (Wildman–Crippen MR) is 56.6 cm³/mol. The molecule has 1 aromatic carbocycles. The molecule has 0 aliphatic heterocycles. The molecule has 1 aromatic heterocycles. The molecule has 0 saturated carbocycles. The number of hydrogen-bond donors (Lipinski definition) is 2. The molecule has 0 saturated heterocycles. The molecule has 2 rings (SSSR count). The van der Waals surface area contributed by atoms with Crippen molar-refractivity contribution in [1.29, 1.82) is 0 Å². The summed E-state index contributed by atoms with van der Waals surface area (Å²) in [6, 6.07) is 8.94. The van der Waals surface area contributed by atoms with Gasteiger partial charge in [-0.2, -0.15) is 0 Å². The fraction of sp³-hybridized carbons (Fsp3) is 0.0909. The molecule has 0 amide bonds. The maximum absolute atomic E-state index is 9.32. The highest BCUT2D eigenvalue weighted by Crippen LogP contribution is 2.21. The molecule has 0 spiro atoms. The van der Waals surface area contributed by atoms with Gasteiger partial charge in [-0.15, -0.1) is 0 Å². The first-order chi connectivity index (χ1) is 6.68. The topological polar surface area (TPSA) is 51.2 Å². The van der Waals surface area contributed by atoms with Crippen molar-refractivity contribution in [2.24, 2.45) is 0 Å². The van der Waals surface area contributed by atoms with E-state index < -0.39 is 0 Å². The van der Waals surface area contributed by atoms with Gasteiger partial charge in [-0.25, -0.2) is 0 Å². The number of aromatic hydroxyl groups is 1. The van der Waals surface area contributed by atoms with Gasteiger partial charge in [0.25, 0.3) is 0 Å². The van der Waals surface area contributed by atoms with E-state index in [9.17, 15) is 5.11 Å². The number of nitrogen functional groups attached to an aromatic ring is 1. The lowest BCUT2D eigenvalue weighted by atomic mass is 10.3. The molecule has 0 fully saturated rings. The number of phenols is 1. The molecular formula is C11H12N2O. The first-order valence-corrected chi connectivity index (χ1v) is 4.41. The second-order valence-electron chi connectivity index (χ2n) is 3.27. The predicted octanol–water partition coefficient (Wildman–Crippen LogP) is 2.07. The van der Waals surface area contributed by atoms with Crippen LogP contribution in [-0.2, 0) is 0 Å². The van der Waals surface area contributed by atoms with Crippen molar-refractivity contribution in [2.75, 3.05) is 5.73 Å². The van der Waals surface area contributed by atoms with Crippen molar-refractivity contribution < 1.29 is 5.11 Å². The summed E-state index contributed by atoms with van der Waals surface area (Å²) in [6.07, 6.45) is 1.89. The molecular weight excluding hydrogens is 176 g/mol. The lowest BCUT2D eigenvalue weighted by molar-refractivity contribution is 0.475. The minimum Gasteiger partial charge on any atom is -0.508 e. The van der Waals surface area contributed by atoms with Gasteiger partial charge in [0, 0.05) is 12.3 Å². The second kappa shape index (κ2) is 3.10. The Balaban J connectivity index is 2.55. The Morgan fingerprint density at radius 1 is 1.29 bits per heavy atom. The van der Waals surface area contributed by atoms with Crippen LogP contribution in [0.3, 0.4) is 0 Å². The van der Waals surface area contributed by atoms with Gasteiger partial charge in [-0.05, 0) is 30.7 Å². The third-order valence-corrected chi connectivity index (χ3v) is 2.25. The van der Waals surface area contributed by atoms with Crippen LogP contribution in [0.4, 0.5) is 5.82 Å². The van der Waals surface area contributed by atoms with E-state index in [-0.39, 0.29) is 5.75 Å². The standard InChI is InChI=1S/C11H12N2O/c1-8-5-6-13(11(8)12)9-3-2-4-10(14)7-9/h2-7,14H,12H2,1H3. The number of phenolic OH excluding ortho intramolecular Hbond substituents is 1. The molecule has 0 bridgehead atoms. The molecule has 1 heterocycles. The quantitative estimate of drug-likeness (QED) is 0.719. The Labute approximate surface area is 82.4 Å². The van der Waals surface area contributed by atoms with Gasteiger partial charge in [-0.3, -0.25) is 0 Å². The average Bonchev–Trinajstić information content (AvgIpc) is 2.48. The van der Waals surface area contributed by atoms with Crippen LogP contribution in [0.1, 0.15) is 5.56 Å². The summed E-state index contributed by atoms with van der Waals surface area (Å²) < 4.78 is 1.84. The Morgan fingerprint density at radius 3 is 2.64 bits per heavy atom. The number of aromatic nitrogens is 1. The lowest BCUT2D eigenvalue weighted by Crippen LogP contribution is -1.99. The Kier molecular flexibility index (Phi) is 1.93. The zero-order valence-corrected chi connectivity index (χ0v) is 7.94. The van der Waals surface area contributed by atoms with Crippen LogP contribution in [0.2, 0.25) is 0 Å². The summed E-state index contributed by atoms with van der Waals surface area (Å²) in [5.74, 6) is 0.948. The van der Waals surface area contributed by atoms with E-state index in [1.807, 2.05) is 29.8 Å². The van der Waals surface area contributed by atoms with E-state index in [2.05, 4.69) is 0 Å². The van der Waals surface area contributed by atoms with Gasteiger partial charge in [0.05, 0.1) is 5.69 Å². The molecule has 3 N–H and O–H groups in total. The highest BCUT2D eigenvalue weighted by Gasteiger charge is 2.03. The van der Waals surface area contributed by atoms with Crippen molar-refractivity contribution in [1.82, 2.24) is 4.57 Å². The van der Waals surface area contributed by atoms with E-state index in [1.165, 1.54) is 0 Å². The van der Waals surface area contributed by atoms with Gasteiger partial charge < -0.3 is 15.4 Å². The smallest absolute Gasteiger partial charge is 0.117 e. The van der Waals surface area contributed by atoms with Gasteiger partial charge >= 0.3 is 0 Å². The number of anilines is 1. The Morgan fingerprint density at radius 2 is 2.07 bits per heavy atom. The molecule has 72 valence electrons. The van der Waals surface area contributed by atoms with Gasteiger partial charge in [0.1, 0.15) is 11.6 Å². The molecule has 0 unspecified atom stereocenters. The molecule has 3 heteroatoms. The summed E-state index contributed by atoms with van der Waals surface area (Å²) in [7, 11) is 0. The lowest BCUT2D eigenvalue weighted by Gasteiger charge is -2.06. The van der Waals surface area contributed by atoms with Crippen LogP contribution in [0.25, 0.3) is 5.69 Å². The summed E-state index contributed by atoms with van der Waals surface area (Å²) in [4.78, 5) is 0. The van der Waals surface area contributed by atoms with Crippen LogP contribution >= 0.6 is 0 Å². The van der Waals surface area contributed by atoms with E-state index in [1.54, 1.807) is 18.2 Å². The van der Waals surface area contributed by atoms with Gasteiger partial charge in [0.15, 0.2) is 0 Å². The van der Waals surface area contributed by atoms with Crippen molar-refractivity contribution in [3.63, 3.8) is 0 Å². The summed E-state index contributed by atoms with van der Waals surface area (Å²) >= 11 is 0. The zero-order valence-electron chi connectivity index (χ0n) is 7.94. The number of benzene rings is 1. The maximum atomic E-state index is 9.32. The largest absolute Gasteiger partial charge is 0.508 e. The highest BCUT2D eigenvalue weighted by molar-refractivity contribution is 5.50. The van der Waals surface area contributed by atoms with E-state index in [0.717, 1.165) is 11.3 Å². The highest BCUT2D eigenvalue weighted by atomic mass is 16.3. The first-order valence-electron chi connectivity index (χ1n) is 4.41. The molecule has 0 atom stereocenters. The van der Waals surface area contributed by atoms with Crippen molar-refractivity contribution in [2.45, 2.75) is 6.92 Å². The molecule has 3 nitrogen and oxygen atoms in total. The zero-order chi connectivity index (χ0) is 10.1. The van der Waals surface area contributed by atoms with Crippen LogP contribution in [0.5, 0.6) is 5.75 Å². The third kappa shape index (κ3) is 1.33. The number of aryl methyl sites for hydroxylation is 1. The van der Waals surface area contributed by atoms with Crippen molar-refractivity contribution >= 4 is 5.82 Å².